The summed E-state index contributed by atoms with van der Waals surface area (Å²) in [7, 11) is -3.40. The monoisotopic (exact) mass is 376 g/mol. The van der Waals surface area contributed by atoms with Gasteiger partial charge in [-0.3, -0.25) is 4.79 Å². The van der Waals surface area contributed by atoms with E-state index in [1.54, 1.807) is 24.3 Å². The molecule has 0 heterocycles. The van der Waals surface area contributed by atoms with Crippen molar-refractivity contribution in [1.82, 2.24) is 4.72 Å². The van der Waals surface area contributed by atoms with Crippen molar-refractivity contribution >= 4 is 21.6 Å². The molecule has 0 aliphatic heterocycles. The van der Waals surface area contributed by atoms with E-state index in [2.05, 4.69) is 10.0 Å². The van der Waals surface area contributed by atoms with Crippen molar-refractivity contribution in [2.24, 2.45) is 0 Å². The van der Waals surface area contributed by atoms with Gasteiger partial charge in [0.2, 0.25) is 15.9 Å². The zero-order chi connectivity index (χ0) is 18.8. The maximum atomic E-state index is 11.9. The van der Waals surface area contributed by atoms with Gasteiger partial charge in [0.1, 0.15) is 12.4 Å². The maximum Gasteiger partial charge on any atom is 0.239 e. The van der Waals surface area contributed by atoms with Crippen LogP contribution in [0.25, 0.3) is 0 Å². The van der Waals surface area contributed by atoms with Crippen molar-refractivity contribution in [2.75, 3.05) is 17.6 Å². The maximum absolute atomic E-state index is 11.9. The highest BCUT2D eigenvalue weighted by Crippen LogP contribution is 2.17. The molecule has 0 unspecified atom stereocenters. The molecule has 140 valence electrons. The molecule has 0 bridgehead atoms. The van der Waals surface area contributed by atoms with Crippen molar-refractivity contribution < 1.29 is 17.9 Å². The molecule has 1 amide bonds. The van der Waals surface area contributed by atoms with E-state index in [4.69, 9.17) is 4.74 Å². The number of nitrogens with one attached hydrogen (secondary N) is 2. The summed E-state index contributed by atoms with van der Waals surface area (Å²) in [6.45, 7) is 2.10. The van der Waals surface area contributed by atoms with Crippen molar-refractivity contribution in [2.45, 2.75) is 26.4 Å². The highest BCUT2D eigenvalue weighted by molar-refractivity contribution is 7.89. The molecule has 2 aromatic carbocycles. The minimum absolute atomic E-state index is 0.0320. The Morgan fingerprint density at radius 2 is 1.73 bits per heavy atom. The first-order valence-corrected chi connectivity index (χ1v) is 10.2. The lowest BCUT2D eigenvalue weighted by molar-refractivity contribution is -0.115. The van der Waals surface area contributed by atoms with E-state index in [1.165, 1.54) is 0 Å². The van der Waals surface area contributed by atoms with Gasteiger partial charge in [-0.25, -0.2) is 13.1 Å². The van der Waals surface area contributed by atoms with E-state index in [-0.39, 0.29) is 12.3 Å². The molecule has 0 saturated heterocycles. The molecule has 2 N–H and O–H groups in total. The van der Waals surface area contributed by atoms with Crippen LogP contribution in [0.1, 0.15) is 25.3 Å². The summed E-state index contributed by atoms with van der Waals surface area (Å²) < 4.78 is 31.3. The minimum atomic E-state index is -3.40. The molecule has 6 nitrogen and oxygen atoms in total. The van der Waals surface area contributed by atoms with Crippen LogP contribution < -0.4 is 14.8 Å². The minimum Gasteiger partial charge on any atom is -0.489 e. The summed E-state index contributed by atoms with van der Waals surface area (Å²) in [6, 6.07) is 16.8. The predicted octanol–water partition coefficient (Wildman–Crippen LogP) is 2.92. The lowest BCUT2D eigenvalue weighted by atomic mass is 10.2. The molecule has 0 saturated carbocycles. The fraction of sp³-hybridized carbons (Fsp3) is 0.316. The zero-order valence-electron chi connectivity index (χ0n) is 14.8. The average molecular weight is 376 g/mol. The van der Waals surface area contributed by atoms with E-state index < -0.39 is 15.9 Å². The SMILES string of the molecule is CCCCS(=O)(=O)NCC(=O)Nc1ccc(OCc2ccccc2)cc1. The van der Waals surface area contributed by atoms with Crippen molar-refractivity contribution in [3.05, 3.63) is 60.2 Å². The fourth-order valence-electron chi connectivity index (χ4n) is 2.16. The van der Waals surface area contributed by atoms with Crippen LogP contribution in [-0.4, -0.2) is 26.6 Å². The third-order valence-electron chi connectivity index (χ3n) is 3.61. The molecule has 2 rings (SSSR count). The van der Waals surface area contributed by atoms with Gasteiger partial charge in [-0.2, -0.15) is 0 Å². The third kappa shape index (κ3) is 7.25. The Morgan fingerprint density at radius 3 is 2.38 bits per heavy atom. The Kier molecular flexibility index (Phi) is 7.62. The summed E-state index contributed by atoms with van der Waals surface area (Å²) >= 11 is 0. The fourth-order valence-corrected chi connectivity index (χ4v) is 3.33. The summed E-state index contributed by atoms with van der Waals surface area (Å²) in [5.74, 6) is 0.305. The highest BCUT2D eigenvalue weighted by atomic mass is 32.2. The van der Waals surface area contributed by atoms with E-state index in [0.29, 0.717) is 24.5 Å². The van der Waals surface area contributed by atoms with Gasteiger partial charge in [0, 0.05) is 5.69 Å². The number of benzene rings is 2. The van der Waals surface area contributed by atoms with Gasteiger partial charge in [-0.05, 0) is 36.2 Å². The van der Waals surface area contributed by atoms with E-state index in [9.17, 15) is 13.2 Å². The first kappa shape index (κ1) is 19.9. The number of unbranched alkanes of at least 4 members (excludes halogenated alkanes) is 1. The second-order valence-corrected chi connectivity index (χ2v) is 7.77. The lowest BCUT2D eigenvalue weighted by Gasteiger charge is -2.09. The van der Waals surface area contributed by atoms with Gasteiger partial charge < -0.3 is 10.1 Å². The topological polar surface area (TPSA) is 84.5 Å². The Labute approximate surface area is 154 Å². The Morgan fingerprint density at radius 1 is 1.04 bits per heavy atom. The average Bonchev–Trinajstić information content (AvgIpc) is 2.65. The summed E-state index contributed by atoms with van der Waals surface area (Å²) in [5, 5.41) is 2.65. The van der Waals surface area contributed by atoms with E-state index in [0.717, 1.165) is 12.0 Å². The van der Waals surface area contributed by atoms with Gasteiger partial charge in [0.05, 0.1) is 12.3 Å². The number of sulfonamides is 1. The molecule has 0 aliphatic carbocycles. The molecule has 7 heteroatoms. The number of hydrogen-bond donors (Lipinski definition) is 2. The van der Waals surface area contributed by atoms with Crippen LogP contribution in [0.4, 0.5) is 5.69 Å². The molecule has 0 spiro atoms. The second-order valence-electron chi connectivity index (χ2n) is 5.84. The summed E-state index contributed by atoms with van der Waals surface area (Å²) in [4.78, 5) is 11.9. The Balaban J connectivity index is 1.78. The number of anilines is 1. The Bertz CT molecular complexity index is 790. The summed E-state index contributed by atoms with van der Waals surface area (Å²) in [6.07, 6.45) is 1.35. The normalized spacial score (nSPS) is 11.1. The van der Waals surface area contributed by atoms with Crippen molar-refractivity contribution in [3.63, 3.8) is 0 Å². The van der Waals surface area contributed by atoms with E-state index >= 15 is 0 Å². The molecule has 0 aromatic heterocycles. The van der Waals surface area contributed by atoms with Crippen LogP contribution in [0.2, 0.25) is 0 Å². The van der Waals surface area contributed by atoms with Crippen LogP contribution in [-0.2, 0) is 21.4 Å². The number of carbonyl (C=O) groups is 1. The Hall–Kier alpha value is -2.38. The van der Waals surface area contributed by atoms with E-state index in [1.807, 2.05) is 37.3 Å². The lowest BCUT2D eigenvalue weighted by Crippen LogP contribution is -2.34. The van der Waals surface area contributed by atoms with Crippen molar-refractivity contribution in [1.29, 1.82) is 0 Å². The molecule has 0 radical (unpaired) electrons. The van der Waals surface area contributed by atoms with Crippen molar-refractivity contribution in [3.8, 4) is 5.75 Å². The van der Waals surface area contributed by atoms with Gasteiger partial charge in [0.15, 0.2) is 0 Å². The zero-order valence-corrected chi connectivity index (χ0v) is 15.6. The van der Waals surface area contributed by atoms with Crippen LogP contribution in [0.5, 0.6) is 5.75 Å². The summed E-state index contributed by atoms with van der Waals surface area (Å²) in [5.41, 5.74) is 1.65. The largest absolute Gasteiger partial charge is 0.489 e. The number of hydrogen-bond acceptors (Lipinski definition) is 4. The molecular formula is C19H24N2O4S. The molecule has 2 aromatic rings. The number of rotatable bonds is 10. The molecule has 0 atom stereocenters. The second kappa shape index (κ2) is 9.94. The van der Waals surface area contributed by atoms with Crippen LogP contribution in [0.15, 0.2) is 54.6 Å². The predicted molar refractivity (Wildman–Crippen MR) is 103 cm³/mol. The van der Waals surface area contributed by atoms with Gasteiger partial charge in [0.25, 0.3) is 0 Å². The van der Waals surface area contributed by atoms with Crippen LogP contribution in [0, 0.1) is 0 Å². The first-order chi connectivity index (χ1) is 12.5. The molecule has 0 aliphatic rings. The quantitative estimate of drug-likeness (QED) is 0.668. The van der Waals surface area contributed by atoms with Gasteiger partial charge in [-0.1, -0.05) is 43.7 Å². The smallest absolute Gasteiger partial charge is 0.239 e. The highest BCUT2D eigenvalue weighted by Gasteiger charge is 2.11. The molecule has 0 fully saturated rings. The number of amides is 1. The first-order valence-electron chi connectivity index (χ1n) is 8.52. The van der Waals surface area contributed by atoms with Crippen LogP contribution in [0.3, 0.4) is 0 Å². The molecular weight excluding hydrogens is 352 g/mol. The number of ether oxygens (including phenoxy) is 1. The molecule has 26 heavy (non-hydrogen) atoms. The third-order valence-corrected chi connectivity index (χ3v) is 5.02. The number of carbonyl (C=O) groups excluding carboxylic acids is 1. The van der Waals surface area contributed by atoms with Gasteiger partial charge in [-0.15, -0.1) is 0 Å². The van der Waals surface area contributed by atoms with Gasteiger partial charge >= 0.3 is 0 Å². The van der Waals surface area contributed by atoms with Crippen LogP contribution >= 0.6 is 0 Å². The standard InChI is InChI=1S/C19H24N2O4S/c1-2-3-13-26(23,24)20-14-19(22)21-17-9-11-18(12-10-17)25-15-16-7-5-4-6-8-16/h4-12,20H,2-3,13-15H2,1H3,(H,21,22).